The summed E-state index contributed by atoms with van der Waals surface area (Å²) in [6.07, 6.45) is 0.771. The normalized spacial score (nSPS) is 11.4. The van der Waals surface area contributed by atoms with Crippen LogP contribution in [0.4, 0.5) is 0 Å². The predicted octanol–water partition coefficient (Wildman–Crippen LogP) is 3.77. The van der Waals surface area contributed by atoms with Crippen molar-refractivity contribution in [3.05, 3.63) is 44.6 Å². The number of nitrogens with one attached hydrogen (secondary N) is 1. The van der Waals surface area contributed by atoms with E-state index in [-0.39, 0.29) is 5.69 Å². The van der Waals surface area contributed by atoms with Gasteiger partial charge in [0.15, 0.2) is 5.16 Å². The lowest BCUT2D eigenvalue weighted by molar-refractivity contribution is 0.189. The van der Waals surface area contributed by atoms with Crippen LogP contribution >= 0.6 is 34.7 Å². The number of ether oxygens (including phenoxy) is 1. The van der Waals surface area contributed by atoms with E-state index in [1.807, 2.05) is 18.2 Å². The van der Waals surface area contributed by atoms with E-state index in [0.717, 1.165) is 21.7 Å². The monoisotopic (exact) mass is 369 g/mol. The highest BCUT2D eigenvalue weighted by Crippen LogP contribution is 2.38. The molecule has 3 rings (SSSR count). The summed E-state index contributed by atoms with van der Waals surface area (Å²) >= 11 is 9.65. The molecule has 0 unspecified atom stereocenters. The summed E-state index contributed by atoms with van der Waals surface area (Å²) in [5.41, 5.74) is -0.189. The van der Waals surface area contributed by atoms with Gasteiger partial charge in [0.1, 0.15) is 0 Å². The fourth-order valence-corrected chi connectivity index (χ4v) is 4.90. The molecule has 3 aromatic rings. The van der Waals surface area contributed by atoms with Crippen molar-refractivity contribution in [2.45, 2.75) is 23.9 Å². The highest BCUT2D eigenvalue weighted by Gasteiger charge is 2.13. The highest BCUT2D eigenvalue weighted by atomic mass is 35.5. The van der Waals surface area contributed by atoms with Gasteiger partial charge in [0.05, 0.1) is 5.02 Å². The van der Waals surface area contributed by atoms with Crippen LogP contribution in [0.25, 0.3) is 10.1 Å². The van der Waals surface area contributed by atoms with Crippen LogP contribution in [0.1, 0.15) is 11.3 Å². The largest absolute Gasteiger partial charge is 0.385 e. The number of halogens is 1. The molecule has 0 radical (unpaired) electrons. The van der Waals surface area contributed by atoms with Crippen LogP contribution in [-0.4, -0.2) is 28.5 Å². The van der Waals surface area contributed by atoms with Crippen LogP contribution < -0.4 is 5.69 Å². The molecule has 0 saturated carbocycles. The third kappa shape index (κ3) is 3.63. The molecular formula is C15H16ClN3O2S2. The summed E-state index contributed by atoms with van der Waals surface area (Å²) in [4.78, 5) is 12.9. The smallest absolute Gasteiger partial charge is 0.343 e. The number of aromatic amines is 1. The Balaban J connectivity index is 1.75. The Morgan fingerprint density at radius 1 is 1.43 bits per heavy atom. The summed E-state index contributed by atoms with van der Waals surface area (Å²) in [5, 5.41) is 9.16. The van der Waals surface area contributed by atoms with E-state index in [0.29, 0.717) is 24.1 Å². The van der Waals surface area contributed by atoms with E-state index in [1.165, 1.54) is 16.5 Å². The minimum Gasteiger partial charge on any atom is -0.385 e. The number of thiophene rings is 1. The van der Waals surface area contributed by atoms with Crippen LogP contribution in [0.2, 0.25) is 5.02 Å². The van der Waals surface area contributed by atoms with Crippen LogP contribution in [-0.2, 0) is 17.0 Å². The molecule has 0 bridgehead atoms. The number of thioether (sulfide) groups is 1. The highest BCUT2D eigenvalue weighted by molar-refractivity contribution is 7.98. The molecule has 8 heteroatoms. The topological polar surface area (TPSA) is 59.9 Å². The lowest BCUT2D eigenvalue weighted by atomic mass is 10.2. The van der Waals surface area contributed by atoms with Gasteiger partial charge >= 0.3 is 5.69 Å². The van der Waals surface area contributed by atoms with Gasteiger partial charge in [0.25, 0.3) is 0 Å². The standard InChI is InChI=1S/C15H16ClN3O2S2/c1-21-8-4-7-19-14(20)17-18-15(19)22-9-12-13(16)10-5-2-3-6-11(10)23-12/h2-3,5-6H,4,7-9H2,1H3,(H,17,20). The zero-order valence-corrected chi connectivity index (χ0v) is 14.9. The van der Waals surface area contributed by atoms with Crippen molar-refractivity contribution in [1.29, 1.82) is 0 Å². The van der Waals surface area contributed by atoms with Gasteiger partial charge in [-0.15, -0.1) is 16.4 Å². The zero-order chi connectivity index (χ0) is 16.2. The van der Waals surface area contributed by atoms with Crippen molar-refractivity contribution >= 4 is 44.8 Å². The van der Waals surface area contributed by atoms with Gasteiger partial charge in [-0.3, -0.25) is 4.57 Å². The van der Waals surface area contributed by atoms with Gasteiger partial charge in [0.2, 0.25) is 0 Å². The van der Waals surface area contributed by atoms with Crippen LogP contribution in [0.3, 0.4) is 0 Å². The molecule has 0 amide bonds. The quantitative estimate of drug-likeness (QED) is 0.508. The first-order chi connectivity index (χ1) is 11.2. The minimum atomic E-state index is -0.189. The van der Waals surface area contributed by atoms with E-state index in [2.05, 4.69) is 16.3 Å². The van der Waals surface area contributed by atoms with Crippen molar-refractivity contribution < 1.29 is 4.74 Å². The maximum absolute atomic E-state index is 11.8. The van der Waals surface area contributed by atoms with E-state index in [4.69, 9.17) is 16.3 Å². The van der Waals surface area contributed by atoms with Crippen LogP contribution in [0, 0.1) is 0 Å². The molecule has 2 heterocycles. The Morgan fingerprint density at radius 2 is 2.26 bits per heavy atom. The third-order valence-corrected chi connectivity index (χ3v) is 6.29. The molecule has 0 aliphatic carbocycles. The van der Waals surface area contributed by atoms with E-state index in [9.17, 15) is 4.79 Å². The number of aromatic nitrogens is 3. The molecule has 0 fully saturated rings. The summed E-state index contributed by atoms with van der Waals surface area (Å²) < 4.78 is 7.85. The second kappa shape index (κ2) is 7.53. The van der Waals surface area contributed by atoms with Crippen molar-refractivity contribution in [3.63, 3.8) is 0 Å². The maximum atomic E-state index is 11.8. The summed E-state index contributed by atoms with van der Waals surface area (Å²) in [7, 11) is 1.65. The molecule has 122 valence electrons. The first-order valence-corrected chi connectivity index (χ1v) is 9.31. The maximum Gasteiger partial charge on any atom is 0.343 e. The second-order valence-electron chi connectivity index (χ2n) is 4.93. The molecule has 23 heavy (non-hydrogen) atoms. The van der Waals surface area contributed by atoms with Gasteiger partial charge in [-0.25, -0.2) is 9.89 Å². The van der Waals surface area contributed by atoms with Crippen LogP contribution in [0.5, 0.6) is 0 Å². The number of hydrogen-bond acceptors (Lipinski definition) is 5. The Bertz CT molecular complexity index is 856. The molecule has 5 nitrogen and oxygen atoms in total. The van der Waals surface area contributed by atoms with Crippen molar-refractivity contribution in [1.82, 2.24) is 14.8 Å². The number of methoxy groups -OCH3 is 1. The molecular weight excluding hydrogens is 354 g/mol. The molecule has 0 saturated heterocycles. The Labute approximate surface area is 146 Å². The summed E-state index contributed by atoms with van der Waals surface area (Å²) in [6, 6.07) is 8.08. The third-order valence-electron chi connectivity index (χ3n) is 3.39. The zero-order valence-electron chi connectivity index (χ0n) is 12.5. The predicted molar refractivity (Wildman–Crippen MR) is 95.7 cm³/mol. The molecule has 1 N–H and O–H groups in total. The first-order valence-electron chi connectivity index (χ1n) is 7.13. The molecule has 0 atom stereocenters. The Kier molecular flexibility index (Phi) is 5.42. The van der Waals surface area contributed by atoms with Gasteiger partial charge in [-0.2, -0.15) is 0 Å². The molecule has 0 aliphatic heterocycles. The molecule has 0 aliphatic rings. The van der Waals surface area contributed by atoms with E-state index in [1.54, 1.807) is 23.0 Å². The SMILES string of the molecule is COCCCn1c(SCc2sc3ccccc3c2Cl)n[nH]c1=O. The number of nitrogens with zero attached hydrogens (tertiary/aromatic N) is 2. The summed E-state index contributed by atoms with van der Waals surface area (Å²) in [5.74, 6) is 0.687. The van der Waals surface area contributed by atoms with Crippen LogP contribution in [0.15, 0.2) is 34.2 Å². The number of hydrogen-bond donors (Lipinski definition) is 1. The summed E-state index contributed by atoms with van der Waals surface area (Å²) in [6.45, 7) is 1.20. The van der Waals surface area contributed by atoms with E-state index < -0.39 is 0 Å². The van der Waals surface area contributed by atoms with Gasteiger partial charge < -0.3 is 4.74 Å². The Morgan fingerprint density at radius 3 is 3.04 bits per heavy atom. The second-order valence-corrected chi connectivity index (χ2v) is 7.39. The molecule has 1 aromatic carbocycles. The van der Waals surface area contributed by atoms with Crippen molar-refractivity contribution in [2.24, 2.45) is 0 Å². The lowest BCUT2D eigenvalue weighted by Gasteiger charge is -2.04. The number of benzene rings is 1. The molecule has 2 aromatic heterocycles. The van der Waals surface area contributed by atoms with E-state index >= 15 is 0 Å². The molecule has 0 spiro atoms. The number of fused-ring (bicyclic) bond motifs is 1. The number of rotatable bonds is 7. The first kappa shape index (κ1) is 16.6. The average molecular weight is 370 g/mol. The lowest BCUT2D eigenvalue weighted by Crippen LogP contribution is -2.18. The van der Waals surface area contributed by atoms with Gasteiger partial charge in [-0.05, 0) is 12.5 Å². The average Bonchev–Trinajstić information content (AvgIpc) is 3.07. The Hall–Kier alpha value is -1.28. The van der Waals surface area contributed by atoms with Crippen molar-refractivity contribution in [3.8, 4) is 0 Å². The minimum absolute atomic E-state index is 0.189. The van der Waals surface area contributed by atoms with Gasteiger partial charge in [-0.1, -0.05) is 41.6 Å². The fraction of sp³-hybridized carbons (Fsp3) is 0.333. The van der Waals surface area contributed by atoms with Gasteiger partial charge in [0, 0.05) is 41.0 Å². The number of H-pyrrole nitrogens is 1. The van der Waals surface area contributed by atoms with Crippen molar-refractivity contribution in [2.75, 3.05) is 13.7 Å². The fourth-order valence-electron chi connectivity index (χ4n) is 2.27.